The van der Waals surface area contributed by atoms with E-state index in [0.717, 1.165) is 57.9 Å². The molecule has 2 aliphatic rings. The molecular formula is C20H28N2O3. The van der Waals surface area contributed by atoms with Crippen LogP contribution in [-0.4, -0.2) is 41.5 Å². The van der Waals surface area contributed by atoms with Crippen LogP contribution in [0.15, 0.2) is 12.1 Å². The summed E-state index contributed by atoms with van der Waals surface area (Å²) >= 11 is 0. The fourth-order valence-electron chi connectivity index (χ4n) is 3.80. The van der Waals surface area contributed by atoms with Gasteiger partial charge in [-0.1, -0.05) is 6.42 Å². The number of carbonyl (C=O) groups excluding carboxylic acids is 2. The highest BCUT2D eigenvalue weighted by Gasteiger charge is 2.18. The Labute approximate surface area is 149 Å². The predicted molar refractivity (Wildman–Crippen MR) is 96.7 cm³/mol. The standard InChI is InChI=1S/C20H28N2O3/c23-18-14-16-8-4-3-7-15(16)13-17(18)20(25)21-10-6-12-22-11-5-1-2-9-19(22)24/h13-14,23H,1-12H2,(H,21,25). The van der Waals surface area contributed by atoms with Gasteiger partial charge in [-0.05, 0) is 68.2 Å². The maximum Gasteiger partial charge on any atom is 0.255 e. The summed E-state index contributed by atoms with van der Waals surface area (Å²) in [5, 5.41) is 13.0. The van der Waals surface area contributed by atoms with Crippen LogP contribution in [0.2, 0.25) is 0 Å². The molecule has 1 heterocycles. The van der Waals surface area contributed by atoms with Crippen LogP contribution in [0.5, 0.6) is 5.75 Å². The summed E-state index contributed by atoms with van der Waals surface area (Å²) in [5.74, 6) is 0.0741. The Kier molecular flexibility index (Phi) is 5.95. The maximum atomic E-state index is 12.4. The highest BCUT2D eigenvalue weighted by Crippen LogP contribution is 2.28. The number of likely N-dealkylation sites (tertiary alicyclic amines) is 1. The lowest BCUT2D eigenvalue weighted by Gasteiger charge is -2.20. The second-order valence-electron chi connectivity index (χ2n) is 7.15. The average Bonchev–Trinajstić information content (AvgIpc) is 2.82. The van der Waals surface area contributed by atoms with Gasteiger partial charge in [0.2, 0.25) is 5.91 Å². The number of aryl methyl sites for hydroxylation is 2. The van der Waals surface area contributed by atoms with Crippen molar-refractivity contribution in [3.05, 3.63) is 28.8 Å². The molecule has 1 saturated heterocycles. The quantitative estimate of drug-likeness (QED) is 0.807. The second-order valence-corrected chi connectivity index (χ2v) is 7.15. The van der Waals surface area contributed by atoms with Crippen molar-refractivity contribution in [2.45, 2.75) is 57.8 Å². The minimum Gasteiger partial charge on any atom is -0.507 e. The number of fused-ring (bicyclic) bond motifs is 1. The van der Waals surface area contributed by atoms with Crippen LogP contribution < -0.4 is 5.32 Å². The van der Waals surface area contributed by atoms with Gasteiger partial charge in [-0.3, -0.25) is 9.59 Å². The summed E-state index contributed by atoms with van der Waals surface area (Å²) in [7, 11) is 0. The minimum atomic E-state index is -0.229. The highest BCUT2D eigenvalue weighted by molar-refractivity contribution is 5.97. The number of carbonyl (C=O) groups is 2. The first-order valence-corrected chi connectivity index (χ1v) is 9.56. The van der Waals surface area contributed by atoms with Crippen molar-refractivity contribution in [3.8, 4) is 5.75 Å². The number of benzene rings is 1. The van der Waals surface area contributed by atoms with Gasteiger partial charge in [-0.2, -0.15) is 0 Å². The largest absolute Gasteiger partial charge is 0.507 e. The van der Waals surface area contributed by atoms with Gasteiger partial charge in [-0.15, -0.1) is 0 Å². The molecule has 0 radical (unpaired) electrons. The molecule has 2 N–H and O–H groups in total. The van der Waals surface area contributed by atoms with Crippen LogP contribution in [-0.2, 0) is 17.6 Å². The molecule has 1 aliphatic carbocycles. The third-order valence-electron chi connectivity index (χ3n) is 5.27. The van der Waals surface area contributed by atoms with Crippen LogP contribution >= 0.6 is 0 Å². The zero-order valence-corrected chi connectivity index (χ0v) is 14.9. The van der Waals surface area contributed by atoms with Crippen molar-refractivity contribution >= 4 is 11.8 Å². The van der Waals surface area contributed by atoms with Gasteiger partial charge in [0.05, 0.1) is 5.56 Å². The molecule has 0 spiro atoms. The summed E-state index contributed by atoms with van der Waals surface area (Å²) < 4.78 is 0. The van der Waals surface area contributed by atoms with E-state index in [1.807, 2.05) is 11.0 Å². The zero-order chi connectivity index (χ0) is 17.6. The van der Waals surface area contributed by atoms with Gasteiger partial charge in [-0.25, -0.2) is 0 Å². The molecule has 0 saturated carbocycles. The first-order chi connectivity index (χ1) is 12.1. The average molecular weight is 344 g/mol. The van der Waals surface area contributed by atoms with Gasteiger partial charge in [0.25, 0.3) is 5.91 Å². The van der Waals surface area contributed by atoms with E-state index in [-0.39, 0.29) is 17.6 Å². The third-order valence-corrected chi connectivity index (χ3v) is 5.27. The van der Waals surface area contributed by atoms with Crippen molar-refractivity contribution < 1.29 is 14.7 Å². The van der Waals surface area contributed by atoms with Gasteiger partial charge >= 0.3 is 0 Å². The topological polar surface area (TPSA) is 69.6 Å². The molecule has 1 fully saturated rings. The number of aromatic hydroxyl groups is 1. The molecule has 136 valence electrons. The molecule has 1 aromatic carbocycles. The Morgan fingerprint density at radius 3 is 2.56 bits per heavy atom. The fourth-order valence-corrected chi connectivity index (χ4v) is 3.80. The van der Waals surface area contributed by atoms with E-state index in [0.29, 0.717) is 25.1 Å². The Bertz CT molecular complexity index is 642. The van der Waals surface area contributed by atoms with E-state index in [1.165, 1.54) is 11.1 Å². The van der Waals surface area contributed by atoms with Crippen molar-refractivity contribution in [2.75, 3.05) is 19.6 Å². The number of rotatable bonds is 5. The Hall–Kier alpha value is -2.04. The van der Waals surface area contributed by atoms with Crippen LogP contribution in [0.3, 0.4) is 0 Å². The fraction of sp³-hybridized carbons (Fsp3) is 0.600. The lowest BCUT2D eigenvalue weighted by Crippen LogP contribution is -2.34. The number of nitrogens with one attached hydrogen (secondary N) is 1. The first kappa shape index (κ1) is 17.8. The van der Waals surface area contributed by atoms with E-state index in [2.05, 4.69) is 5.32 Å². The summed E-state index contributed by atoms with van der Waals surface area (Å²) in [6.45, 7) is 2.03. The van der Waals surface area contributed by atoms with Crippen LogP contribution in [0.1, 0.15) is 66.4 Å². The van der Waals surface area contributed by atoms with E-state index < -0.39 is 0 Å². The van der Waals surface area contributed by atoms with E-state index in [9.17, 15) is 14.7 Å². The lowest BCUT2D eigenvalue weighted by atomic mass is 9.90. The lowest BCUT2D eigenvalue weighted by molar-refractivity contribution is -0.130. The molecule has 0 aromatic heterocycles. The molecule has 0 unspecified atom stereocenters. The monoisotopic (exact) mass is 344 g/mol. The molecule has 1 aliphatic heterocycles. The van der Waals surface area contributed by atoms with Crippen LogP contribution in [0.25, 0.3) is 0 Å². The second kappa shape index (κ2) is 8.37. The molecule has 2 amide bonds. The smallest absolute Gasteiger partial charge is 0.255 e. The Morgan fingerprint density at radius 2 is 1.76 bits per heavy atom. The zero-order valence-electron chi connectivity index (χ0n) is 14.9. The molecule has 25 heavy (non-hydrogen) atoms. The molecule has 1 aromatic rings. The molecular weight excluding hydrogens is 316 g/mol. The molecule has 5 heteroatoms. The number of hydrogen-bond acceptors (Lipinski definition) is 3. The number of amides is 2. The van der Waals surface area contributed by atoms with E-state index in [4.69, 9.17) is 0 Å². The molecule has 5 nitrogen and oxygen atoms in total. The summed E-state index contributed by atoms with van der Waals surface area (Å²) in [6, 6.07) is 3.59. The molecule has 3 rings (SSSR count). The van der Waals surface area contributed by atoms with Crippen molar-refractivity contribution in [1.29, 1.82) is 0 Å². The summed E-state index contributed by atoms with van der Waals surface area (Å²) in [6.07, 6.45) is 8.82. The van der Waals surface area contributed by atoms with Crippen molar-refractivity contribution in [1.82, 2.24) is 10.2 Å². The minimum absolute atomic E-state index is 0.0702. The van der Waals surface area contributed by atoms with Crippen molar-refractivity contribution in [3.63, 3.8) is 0 Å². The van der Waals surface area contributed by atoms with Crippen molar-refractivity contribution in [2.24, 2.45) is 0 Å². The van der Waals surface area contributed by atoms with Gasteiger partial charge in [0, 0.05) is 26.1 Å². The molecule has 0 atom stereocenters. The predicted octanol–water partition coefficient (Wildman–Crippen LogP) is 2.79. The highest BCUT2D eigenvalue weighted by atomic mass is 16.3. The summed E-state index contributed by atoms with van der Waals surface area (Å²) in [5.41, 5.74) is 2.72. The van der Waals surface area contributed by atoms with Gasteiger partial charge < -0.3 is 15.3 Å². The Balaban J connectivity index is 1.50. The number of phenols is 1. The number of phenolic OH excluding ortho intramolecular Hbond substituents is 1. The van der Waals surface area contributed by atoms with Crippen LogP contribution in [0, 0.1) is 0 Å². The summed E-state index contributed by atoms with van der Waals surface area (Å²) in [4.78, 5) is 26.2. The Morgan fingerprint density at radius 1 is 1.04 bits per heavy atom. The maximum absolute atomic E-state index is 12.4. The number of nitrogens with zero attached hydrogens (tertiary/aromatic N) is 1. The van der Waals surface area contributed by atoms with Crippen LogP contribution in [0.4, 0.5) is 0 Å². The third kappa shape index (κ3) is 4.53. The van der Waals surface area contributed by atoms with Gasteiger partial charge in [0.1, 0.15) is 5.75 Å². The first-order valence-electron chi connectivity index (χ1n) is 9.56. The number of hydrogen-bond donors (Lipinski definition) is 2. The van der Waals surface area contributed by atoms with Gasteiger partial charge in [0.15, 0.2) is 0 Å². The SMILES string of the molecule is O=C(NCCCN1CCCCCC1=O)c1cc2c(cc1O)CCCC2. The normalized spacial score (nSPS) is 17.8. The van der Waals surface area contributed by atoms with E-state index >= 15 is 0 Å². The molecule has 0 bridgehead atoms. The van der Waals surface area contributed by atoms with E-state index in [1.54, 1.807) is 6.07 Å².